The largest absolute Gasteiger partial charge is 0.493 e. The zero-order valence-corrected chi connectivity index (χ0v) is 17.3. The molecule has 2 aromatic carbocycles. The minimum atomic E-state index is -0.327. The van der Waals surface area contributed by atoms with Crippen LogP contribution in [0.4, 0.5) is 10.8 Å². The second kappa shape index (κ2) is 8.50. The van der Waals surface area contributed by atoms with Gasteiger partial charge in [-0.1, -0.05) is 29.5 Å². The Morgan fingerprint density at radius 1 is 1.10 bits per heavy atom. The lowest BCUT2D eigenvalue weighted by Gasteiger charge is -2.15. The van der Waals surface area contributed by atoms with Crippen LogP contribution in [0.5, 0.6) is 11.5 Å². The first-order valence-electron chi connectivity index (χ1n) is 9.31. The van der Waals surface area contributed by atoms with Gasteiger partial charge in [0.2, 0.25) is 11.0 Å². The maximum Gasteiger partial charge on any atom is 0.257 e. The molecule has 0 spiro atoms. The quantitative estimate of drug-likeness (QED) is 0.652. The number of hydrogen-bond acceptors (Lipinski definition) is 7. The van der Waals surface area contributed by atoms with Crippen LogP contribution < -0.4 is 19.7 Å². The van der Waals surface area contributed by atoms with Gasteiger partial charge in [0.05, 0.1) is 14.2 Å². The van der Waals surface area contributed by atoms with Gasteiger partial charge in [0.25, 0.3) is 5.91 Å². The third-order valence-corrected chi connectivity index (χ3v) is 5.85. The zero-order chi connectivity index (χ0) is 21.1. The number of nitrogens with one attached hydrogen (secondary N) is 1. The fourth-order valence-electron chi connectivity index (χ4n) is 3.33. The van der Waals surface area contributed by atoms with Crippen LogP contribution in [0.3, 0.4) is 0 Å². The zero-order valence-electron chi connectivity index (χ0n) is 16.5. The van der Waals surface area contributed by atoms with Gasteiger partial charge in [0.15, 0.2) is 11.5 Å². The molecule has 0 aliphatic carbocycles. The molecule has 0 unspecified atom stereocenters. The Kier molecular flexibility index (Phi) is 5.62. The number of carbonyl (C=O) groups excluding carboxylic acids is 2. The molecule has 4 rings (SSSR count). The van der Waals surface area contributed by atoms with Gasteiger partial charge in [-0.2, -0.15) is 0 Å². The van der Waals surface area contributed by atoms with Gasteiger partial charge >= 0.3 is 0 Å². The van der Waals surface area contributed by atoms with Gasteiger partial charge < -0.3 is 14.4 Å². The second-order valence-electron chi connectivity index (χ2n) is 6.71. The van der Waals surface area contributed by atoms with Crippen molar-refractivity contribution in [1.82, 2.24) is 10.2 Å². The molecule has 1 fully saturated rings. The van der Waals surface area contributed by atoms with Crippen LogP contribution in [-0.4, -0.2) is 42.8 Å². The molecule has 1 atom stereocenters. The summed E-state index contributed by atoms with van der Waals surface area (Å²) in [6.07, 6.45) is 0.368. The molecule has 2 amide bonds. The highest BCUT2D eigenvalue weighted by Crippen LogP contribution is 2.34. The Labute approximate surface area is 177 Å². The van der Waals surface area contributed by atoms with Crippen molar-refractivity contribution in [2.75, 3.05) is 31.0 Å². The number of nitrogens with zero attached hydrogens (tertiary/aromatic N) is 3. The van der Waals surface area contributed by atoms with E-state index in [9.17, 15) is 9.59 Å². The first-order chi connectivity index (χ1) is 14.6. The van der Waals surface area contributed by atoms with Crippen molar-refractivity contribution in [3.05, 3.63) is 59.1 Å². The van der Waals surface area contributed by atoms with Crippen molar-refractivity contribution >= 4 is 34.0 Å². The van der Waals surface area contributed by atoms with Crippen LogP contribution in [0, 0.1) is 0 Å². The van der Waals surface area contributed by atoms with Gasteiger partial charge in [-0.05, 0) is 30.3 Å². The number of hydrogen-bond donors (Lipinski definition) is 1. The van der Waals surface area contributed by atoms with E-state index in [4.69, 9.17) is 9.47 Å². The number of ether oxygens (including phenoxy) is 2. The standard InChI is InChI=1S/C21H20N4O4S/c1-28-16-9-8-13(10-17(16)29-2)19(27)22-21-24-23-20(30-21)14-11-18(26)25(12-14)15-6-4-3-5-7-15/h3-10,14H,11-12H2,1-2H3,(H,22,24,27)/t14-/m1/s1. The fourth-order valence-corrected chi connectivity index (χ4v) is 4.16. The van der Waals surface area contributed by atoms with Crippen LogP contribution in [0.2, 0.25) is 0 Å². The molecule has 8 nitrogen and oxygen atoms in total. The van der Waals surface area contributed by atoms with Crippen LogP contribution in [-0.2, 0) is 4.79 Å². The highest BCUT2D eigenvalue weighted by Gasteiger charge is 2.33. The molecule has 30 heavy (non-hydrogen) atoms. The summed E-state index contributed by atoms with van der Waals surface area (Å²) in [5.41, 5.74) is 1.28. The van der Waals surface area contributed by atoms with E-state index in [0.29, 0.717) is 35.2 Å². The van der Waals surface area contributed by atoms with E-state index >= 15 is 0 Å². The summed E-state index contributed by atoms with van der Waals surface area (Å²) < 4.78 is 10.4. The van der Waals surface area contributed by atoms with E-state index in [-0.39, 0.29) is 17.7 Å². The number of anilines is 2. The van der Waals surface area contributed by atoms with E-state index in [1.54, 1.807) is 23.1 Å². The molecule has 0 radical (unpaired) electrons. The van der Waals surface area contributed by atoms with Crippen LogP contribution in [0.1, 0.15) is 27.7 Å². The van der Waals surface area contributed by atoms with E-state index in [0.717, 1.165) is 10.7 Å². The van der Waals surface area contributed by atoms with Crippen molar-refractivity contribution in [3.63, 3.8) is 0 Å². The summed E-state index contributed by atoms with van der Waals surface area (Å²) in [6, 6.07) is 14.5. The minimum Gasteiger partial charge on any atom is -0.493 e. The maximum atomic E-state index is 12.6. The van der Waals surface area contributed by atoms with Gasteiger partial charge in [0.1, 0.15) is 5.01 Å². The van der Waals surface area contributed by atoms with Crippen LogP contribution in [0.15, 0.2) is 48.5 Å². The van der Waals surface area contributed by atoms with E-state index in [2.05, 4.69) is 15.5 Å². The van der Waals surface area contributed by atoms with Crippen LogP contribution in [0.25, 0.3) is 0 Å². The second-order valence-corrected chi connectivity index (χ2v) is 7.72. The third kappa shape index (κ3) is 3.97. The number of rotatable bonds is 6. The van der Waals surface area contributed by atoms with Gasteiger partial charge in [-0.3, -0.25) is 14.9 Å². The third-order valence-electron chi connectivity index (χ3n) is 4.85. The Morgan fingerprint density at radius 3 is 2.60 bits per heavy atom. The minimum absolute atomic E-state index is 0.0531. The molecule has 154 valence electrons. The number of aromatic nitrogens is 2. The van der Waals surface area contributed by atoms with Gasteiger partial charge in [-0.15, -0.1) is 10.2 Å². The highest BCUT2D eigenvalue weighted by atomic mass is 32.1. The number of amides is 2. The molecular formula is C21H20N4O4S. The van der Waals surface area contributed by atoms with Gasteiger partial charge in [-0.25, -0.2) is 0 Å². The molecule has 1 N–H and O–H groups in total. The lowest BCUT2D eigenvalue weighted by atomic mass is 10.1. The normalized spacial score (nSPS) is 15.9. The number of para-hydroxylation sites is 1. The highest BCUT2D eigenvalue weighted by molar-refractivity contribution is 7.15. The Morgan fingerprint density at radius 2 is 1.87 bits per heavy atom. The molecule has 0 bridgehead atoms. The molecular weight excluding hydrogens is 404 g/mol. The lowest BCUT2D eigenvalue weighted by Crippen LogP contribution is -2.24. The summed E-state index contributed by atoms with van der Waals surface area (Å²) >= 11 is 1.28. The van der Waals surface area contributed by atoms with E-state index in [1.807, 2.05) is 30.3 Å². The van der Waals surface area contributed by atoms with Gasteiger partial charge in [0, 0.05) is 30.1 Å². The molecule has 3 aromatic rings. The molecule has 1 saturated heterocycles. The number of methoxy groups -OCH3 is 2. The topological polar surface area (TPSA) is 93.7 Å². The summed E-state index contributed by atoms with van der Waals surface area (Å²) in [6.45, 7) is 0.543. The Bertz CT molecular complexity index is 1070. The van der Waals surface area contributed by atoms with Crippen molar-refractivity contribution in [3.8, 4) is 11.5 Å². The molecule has 0 saturated carbocycles. The predicted molar refractivity (Wildman–Crippen MR) is 114 cm³/mol. The average molecular weight is 424 g/mol. The summed E-state index contributed by atoms with van der Waals surface area (Å²) in [5.74, 6) is 0.681. The Hall–Kier alpha value is -3.46. The SMILES string of the molecule is COc1ccc(C(=O)Nc2nnc([C@@H]3CC(=O)N(c4ccccc4)C3)s2)cc1OC. The summed E-state index contributed by atoms with van der Waals surface area (Å²) in [7, 11) is 3.05. The molecule has 9 heteroatoms. The summed E-state index contributed by atoms with van der Waals surface area (Å²) in [5, 5.41) is 12.1. The molecule has 1 aliphatic heterocycles. The van der Waals surface area contributed by atoms with Crippen molar-refractivity contribution in [2.45, 2.75) is 12.3 Å². The summed E-state index contributed by atoms with van der Waals surface area (Å²) in [4.78, 5) is 26.8. The first-order valence-corrected chi connectivity index (χ1v) is 10.1. The van der Waals surface area contributed by atoms with Crippen molar-refractivity contribution in [2.24, 2.45) is 0 Å². The fraction of sp³-hybridized carbons (Fsp3) is 0.238. The van der Waals surface area contributed by atoms with E-state index in [1.165, 1.54) is 25.6 Å². The van der Waals surface area contributed by atoms with Crippen LogP contribution >= 0.6 is 11.3 Å². The molecule has 1 aliphatic rings. The first kappa shape index (κ1) is 19.8. The average Bonchev–Trinajstić information content (AvgIpc) is 3.40. The lowest BCUT2D eigenvalue weighted by molar-refractivity contribution is -0.117. The molecule has 2 heterocycles. The maximum absolute atomic E-state index is 12.6. The number of carbonyl (C=O) groups is 2. The Balaban J connectivity index is 1.45. The monoisotopic (exact) mass is 424 g/mol. The van der Waals surface area contributed by atoms with E-state index < -0.39 is 0 Å². The smallest absolute Gasteiger partial charge is 0.257 e. The number of benzene rings is 2. The van der Waals surface area contributed by atoms with Crippen molar-refractivity contribution < 1.29 is 19.1 Å². The molecule has 1 aromatic heterocycles. The predicted octanol–water partition coefficient (Wildman–Crippen LogP) is 3.33. The van der Waals surface area contributed by atoms with Crippen molar-refractivity contribution in [1.29, 1.82) is 0 Å².